The first-order valence-corrected chi connectivity index (χ1v) is 12.7. The van der Waals surface area contributed by atoms with Crippen LogP contribution in [0.1, 0.15) is 64.7 Å². The van der Waals surface area contributed by atoms with Crippen LogP contribution in [-0.2, 0) is 9.53 Å². The molecule has 1 N–H and O–H groups in total. The molecule has 152 valence electrons. The van der Waals surface area contributed by atoms with Crippen molar-refractivity contribution in [3.05, 3.63) is 0 Å². The predicted molar refractivity (Wildman–Crippen MR) is 112 cm³/mol. The molecule has 2 saturated heterocycles. The fourth-order valence-electron chi connectivity index (χ4n) is 4.19. The van der Waals surface area contributed by atoms with E-state index in [1.807, 2.05) is 0 Å². The zero-order valence-corrected chi connectivity index (χ0v) is 18.2. The Morgan fingerprint density at radius 2 is 1.73 bits per heavy atom. The lowest BCUT2D eigenvalue weighted by molar-refractivity contribution is -0.155. The minimum atomic E-state index is -0.215. The summed E-state index contributed by atoms with van der Waals surface area (Å²) in [6.45, 7) is 2.27. The van der Waals surface area contributed by atoms with E-state index in [9.17, 15) is 4.79 Å². The van der Waals surface area contributed by atoms with Crippen molar-refractivity contribution in [1.29, 1.82) is 0 Å². The molecule has 0 aromatic carbocycles. The van der Waals surface area contributed by atoms with E-state index in [4.69, 9.17) is 9.94 Å². The van der Waals surface area contributed by atoms with Gasteiger partial charge in [-0.2, -0.15) is 23.5 Å². The highest BCUT2D eigenvalue weighted by molar-refractivity contribution is 8.00. The van der Waals surface area contributed by atoms with Crippen molar-refractivity contribution < 1.29 is 14.7 Å². The highest BCUT2D eigenvalue weighted by Crippen LogP contribution is 2.46. The van der Waals surface area contributed by atoms with Gasteiger partial charge in [0, 0.05) is 7.05 Å². The van der Waals surface area contributed by atoms with E-state index in [1.165, 1.54) is 69.9 Å². The summed E-state index contributed by atoms with van der Waals surface area (Å²) in [4.78, 5) is 11.3. The van der Waals surface area contributed by atoms with Crippen molar-refractivity contribution in [2.45, 2.75) is 76.9 Å². The number of hydrogen-bond donors (Lipinski definition) is 1. The average Bonchev–Trinajstić information content (AvgIpc) is 3.22. The normalized spacial score (nSPS) is 27.2. The van der Waals surface area contributed by atoms with Crippen LogP contribution < -0.4 is 0 Å². The van der Waals surface area contributed by atoms with Gasteiger partial charge in [0.1, 0.15) is 0 Å². The Morgan fingerprint density at radius 3 is 2.46 bits per heavy atom. The Morgan fingerprint density at radius 1 is 1.04 bits per heavy atom. The summed E-state index contributed by atoms with van der Waals surface area (Å²) in [6.07, 6.45) is 12.7. The van der Waals surface area contributed by atoms with E-state index in [-0.39, 0.29) is 5.91 Å². The van der Waals surface area contributed by atoms with Crippen LogP contribution in [0.4, 0.5) is 0 Å². The molecule has 0 spiro atoms. The Kier molecular flexibility index (Phi) is 10.8. The Hall–Kier alpha value is 0.0900. The summed E-state index contributed by atoms with van der Waals surface area (Å²) < 4.78 is 6.23. The van der Waals surface area contributed by atoms with E-state index >= 15 is 0 Å². The van der Waals surface area contributed by atoms with Crippen molar-refractivity contribution >= 4 is 29.4 Å². The second-order valence-electron chi connectivity index (χ2n) is 7.72. The summed E-state index contributed by atoms with van der Waals surface area (Å²) in [6, 6.07) is 0. The van der Waals surface area contributed by atoms with Gasteiger partial charge in [0.25, 0.3) is 5.91 Å². The predicted octanol–water partition coefficient (Wildman–Crippen LogP) is 4.84. The van der Waals surface area contributed by atoms with Crippen LogP contribution >= 0.6 is 23.5 Å². The fourth-order valence-corrected chi connectivity index (χ4v) is 6.41. The molecule has 0 aliphatic carbocycles. The van der Waals surface area contributed by atoms with Crippen LogP contribution in [0.25, 0.3) is 0 Å². The van der Waals surface area contributed by atoms with Crippen molar-refractivity contribution in [2.24, 2.45) is 11.8 Å². The molecular formula is C20H37NO3S2. The largest absolute Gasteiger partial charge is 0.374 e. The molecule has 26 heavy (non-hydrogen) atoms. The number of carbonyl (C=O) groups excluding carboxylic acids is 1. The minimum absolute atomic E-state index is 0.215. The van der Waals surface area contributed by atoms with Gasteiger partial charge in [0.2, 0.25) is 0 Å². The third-order valence-corrected chi connectivity index (χ3v) is 7.93. The van der Waals surface area contributed by atoms with E-state index in [0.717, 1.165) is 24.0 Å². The van der Waals surface area contributed by atoms with Crippen LogP contribution in [0, 0.1) is 11.8 Å². The quantitative estimate of drug-likeness (QED) is 0.255. The van der Waals surface area contributed by atoms with E-state index < -0.39 is 0 Å². The molecular weight excluding hydrogens is 366 g/mol. The van der Waals surface area contributed by atoms with Crippen molar-refractivity contribution in [1.82, 2.24) is 5.06 Å². The summed E-state index contributed by atoms with van der Waals surface area (Å²) in [5.74, 6) is 5.27. The number of carbonyl (C=O) groups is 1. The minimum Gasteiger partial charge on any atom is -0.374 e. The number of amides is 1. The van der Waals surface area contributed by atoms with Gasteiger partial charge in [-0.15, -0.1) is 0 Å². The number of hydrogen-bond acceptors (Lipinski definition) is 5. The molecule has 2 heterocycles. The van der Waals surface area contributed by atoms with Crippen LogP contribution in [-0.4, -0.2) is 58.4 Å². The van der Waals surface area contributed by atoms with Gasteiger partial charge in [-0.05, 0) is 61.2 Å². The summed E-state index contributed by atoms with van der Waals surface area (Å²) >= 11 is 3.77. The fraction of sp³-hybridized carbons (Fsp3) is 0.950. The zero-order chi connectivity index (χ0) is 18.8. The second-order valence-corrected chi connectivity index (χ2v) is 9.97. The lowest BCUT2D eigenvalue weighted by Gasteiger charge is -2.27. The molecule has 2 fully saturated rings. The number of hydroxylamine groups is 2. The maximum atomic E-state index is 11.3. The lowest BCUT2D eigenvalue weighted by Crippen LogP contribution is -2.29. The third-order valence-electron chi connectivity index (χ3n) is 5.71. The lowest BCUT2D eigenvalue weighted by atomic mass is 9.78. The molecule has 2 rings (SSSR count). The van der Waals surface area contributed by atoms with Gasteiger partial charge in [0.15, 0.2) is 0 Å². The molecule has 0 saturated carbocycles. The van der Waals surface area contributed by atoms with Crippen molar-refractivity contribution in [3.63, 3.8) is 0 Å². The van der Waals surface area contributed by atoms with Crippen LogP contribution in [0.5, 0.6) is 0 Å². The maximum absolute atomic E-state index is 11.3. The standard InChI is InChI=1S/C20H37NO3S2/c1-3-4-5-7-12-25-14-17-16(18-10-11-19(17)24-18)9-6-8-13-26-15-20(22)21(2)23/h16-19,23H,3-15H2,1-2H3/t16-,17+,18-,19+/m1/s1. The summed E-state index contributed by atoms with van der Waals surface area (Å²) in [7, 11) is 1.39. The van der Waals surface area contributed by atoms with E-state index in [2.05, 4.69) is 18.7 Å². The molecule has 0 aromatic heterocycles. The first-order valence-electron chi connectivity index (χ1n) is 10.4. The number of nitrogens with zero attached hydrogens (tertiary/aromatic N) is 1. The highest BCUT2D eigenvalue weighted by atomic mass is 32.2. The van der Waals surface area contributed by atoms with E-state index in [1.54, 1.807) is 11.8 Å². The SMILES string of the molecule is CCCCCCSC[C@H]1[C@@H](CCCCSCC(=O)N(C)O)[C@H]2CC[C@@H]1O2. The first kappa shape index (κ1) is 22.4. The van der Waals surface area contributed by atoms with Gasteiger partial charge in [-0.1, -0.05) is 32.6 Å². The van der Waals surface area contributed by atoms with Gasteiger partial charge in [0.05, 0.1) is 18.0 Å². The van der Waals surface area contributed by atoms with Crippen LogP contribution in [0.3, 0.4) is 0 Å². The number of fused-ring (bicyclic) bond motifs is 2. The Labute approximate surface area is 168 Å². The van der Waals surface area contributed by atoms with Gasteiger partial charge in [-0.3, -0.25) is 10.0 Å². The van der Waals surface area contributed by atoms with Gasteiger partial charge in [-0.25, -0.2) is 5.06 Å². The van der Waals surface area contributed by atoms with Gasteiger partial charge >= 0.3 is 0 Å². The molecule has 0 aromatic rings. The Balaban J connectivity index is 1.58. The molecule has 1 amide bonds. The molecule has 2 aliphatic rings. The maximum Gasteiger partial charge on any atom is 0.255 e. The topological polar surface area (TPSA) is 49.8 Å². The molecule has 0 radical (unpaired) electrons. The molecule has 4 nitrogen and oxygen atoms in total. The van der Waals surface area contributed by atoms with Crippen LogP contribution in [0.15, 0.2) is 0 Å². The zero-order valence-electron chi connectivity index (χ0n) is 16.5. The molecule has 4 atom stereocenters. The molecule has 2 aliphatic heterocycles. The molecule has 0 unspecified atom stereocenters. The van der Waals surface area contributed by atoms with Crippen LogP contribution in [0.2, 0.25) is 0 Å². The summed E-state index contributed by atoms with van der Waals surface area (Å²) in [5, 5.41) is 9.73. The second kappa shape index (κ2) is 12.5. The van der Waals surface area contributed by atoms with Gasteiger partial charge < -0.3 is 4.74 Å². The molecule has 2 bridgehead atoms. The molecule has 6 heteroatoms. The van der Waals surface area contributed by atoms with Crippen molar-refractivity contribution in [2.75, 3.05) is 30.1 Å². The highest BCUT2D eigenvalue weighted by Gasteiger charge is 2.47. The van der Waals surface area contributed by atoms with Crippen molar-refractivity contribution in [3.8, 4) is 0 Å². The number of ether oxygens (including phenoxy) is 1. The van der Waals surface area contributed by atoms with E-state index in [0.29, 0.717) is 23.0 Å². The monoisotopic (exact) mass is 403 g/mol. The Bertz CT molecular complexity index is 409. The summed E-state index contributed by atoms with van der Waals surface area (Å²) in [5.41, 5.74) is 0. The third kappa shape index (κ3) is 7.25. The number of rotatable bonds is 14. The number of unbranched alkanes of at least 4 members (excludes halogenated alkanes) is 4. The number of thioether (sulfide) groups is 2. The smallest absolute Gasteiger partial charge is 0.255 e. The first-order chi connectivity index (χ1) is 12.6. The average molecular weight is 404 g/mol.